The molecule has 0 radical (unpaired) electrons. The molecule has 0 amide bonds. The summed E-state index contributed by atoms with van der Waals surface area (Å²) in [5.41, 5.74) is 2.13. The molecule has 122 valence electrons. The van der Waals surface area contributed by atoms with Gasteiger partial charge in [0.25, 0.3) is 0 Å². The van der Waals surface area contributed by atoms with Gasteiger partial charge >= 0.3 is 0 Å². The molecule has 1 unspecified atom stereocenters. The first-order valence-electron chi connectivity index (χ1n) is 7.42. The zero-order chi connectivity index (χ0) is 15.1. The maximum Gasteiger partial charge on any atom is 0.191 e. The lowest BCUT2D eigenvalue weighted by atomic mass is 10.1. The Morgan fingerprint density at radius 2 is 1.95 bits per heavy atom. The Morgan fingerprint density at radius 1 is 1.29 bits per heavy atom. The highest BCUT2D eigenvalue weighted by atomic mass is 127. The van der Waals surface area contributed by atoms with Crippen molar-refractivity contribution >= 4 is 29.9 Å². The summed E-state index contributed by atoms with van der Waals surface area (Å²) in [7, 11) is 0. The topological polar surface area (TPSA) is 62.5 Å². The molecule has 0 spiro atoms. The second-order valence-electron chi connectivity index (χ2n) is 5.49. The van der Waals surface area contributed by atoms with Crippen LogP contribution in [0.2, 0.25) is 0 Å². The minimum absolute atomic E-state index is 0. The highest BCUT2D eigenvalue weighted by Crippen LogP contribution is 2.12. The minimum atomic E-state index is 0. The Bertz CT molecular complexity index is 423. The Morgan fingerprint density at radius 3 is 2.43 bits per heavy atom. The predicted molar refractivity (Wildman–Crippen MR) is 98.5 cm³/mol. The van der Waals surface area contributed by atoms with E-state index in [-0.39, 0.29) is 24.0 Å². The van der Waals surface area contributed by atoms with Gasteiger partial charge in [-0.05, 0) is 40.0 Å². The summed E-state index contributed by atoms with van der Waals surface area (Å²) in [5, 5.41) is 10.7. The molecule has 0 aliphatic heterocycles. The first-order valence-corrected chi connectivity index (χ1v) is 7.42. The van der Waals surface area contributed by atoms with E-state index in [1.165, 1.54) is 5.56 Å². The summed E-state index contributed by atoms with van der Waals surface area (Å²) in [5.74, 6) is 2.34. The third-order valence-corrected chi connectivity index (χ3v) is 3.52. The fraction of sp³-hybridized carbons (Fsp3) is 0.733. The summed E-state index contributed by atoms with van der Waals surface area (Å²) in [6, 6.07) is 0.395. The Hall–Kier alpha value is -0.790. The summed E-state index contributed by atoms with van der Waals surface area (Å²) in [6.07, 6.45) is 0.855. The largest absolute Gasteiger partial charge is 0.361 e. The molecule has 1 atom stereocenters. The standard InChI is InChI=1S/C15H28N4O.HI/c1-7-16-15(18-11(4)10(2)3)17-9-8-14-12(5)19-20-13(14)6;/h10-11H,7-9H2,1-6H3,(H2,16,17,18);1H. The fourth-order valence-electron chi connectivity index (χ4n) is 1.84. The van der Waals surface area contributed by atoms with Gasteiger partial charge in [-0.25, -0.2) is 0 Å². The average molecular weight is 408 g/mol. The van der Waals surface area contributed by atoms with E-state index in [4.69, 9.17) is 4.52 Å². The number of guanidine groups is 1. The van der Waals surface area contributed by atoms with Gasteiger partial charge in [0.15, 0.2) is 5.96 Å². The van der Waals surface area contributed by atoms with Crippen LogP contribution >= 0.6 is 24.0 Å². The van der Waals surface area contributed by atoms with Crippen molar-refractivity contribution in [2.75, 3.05) is 13.1 Å². The number of nitrogens with zero attached hydrogens (tertiary/aromatic N) is 2. The van der Waals surface area contributed by atoms with E-state index in [9.17, 15) is 0 Å². The molecule has 2 N–H and O–H groups in total. The maximum atomic E-state index is 5.17. The zero-order valence-corrected chi connectivity index (χ0v) is 16.3. The highest BCUT2D eigenvalue weighted by Gasteiger charge is 2.10. The molecule has 0 fully saturated rings. The molecule has 0 bridgehead atoms. The van der Waals surface area contributed by atoms with Crippen LogP contribution in [0.3, 0.4) is 0 Å². The van der Waals surface area contributed by atoms with Crippen LogP contribution in [0.15, 0.2) is 9.52 Å². The number of nitrogens with one attached hydrogen (secondary N) is 2. The van der Waals surface area contributed by atoms with Gasteiger partial charge in [-0.2, -0.15) is 0 Å². The minimum Gasteiger partial charge on any atom is -0.361 e. The van der Waals surface area contributed by atoms with E-state index in [0.717, 1.165) is 36.9 Å². The van der Waals surface area contributed by atoms with Gasteiger partial charge in [0.2, 0.25) is 0 Å². The molecule has 21 heavy (non-hydrogen) atoms. The lowest BCUT2D eigenvalue weighted by Crippen LogP contribution is -2.44. The van der Waals surface area contributed by atoms with Gasteiger partial charge in [-0.1, -0.05) is 19.0 Å². The van der Waals surface area contributed by atoms with Crippen molar-refractivity contribution in [3.05, 3.63) is 17.0 Å². The quantitative estimate of drug-likeness (QED) is 0.432. The number of rotatable bonds is 6. The molecule has 5 nitrogen and oxygen atoms in total. The van der Waals surface area contributed by atoms with Gasteiger partial charge in [0.1, 0.15) is 5.76 Å². The predicted octanol–water partition coefficient (Wildman–Crippen LogP) is 3.05. The van der Waals surface area contributed by atoms with Gasteiger partial charge in [0.05, 0.1) is 5.69 Å². The Labute approximate surface area is 145 Å². The highest BCUT2D eigenvalue weighted by molar-refractivity contribution is 14.0. The van der Waals surface area contributed by atoms with Crippen molar-refractivity contribution in [2.45, 2.75) is 54.0 Å². The van der Waals surface area contributed by atoms with Crippen LogP contribution in [-0.2, 0) is 6.42 Å². The van der Waals surface area contributed by atoms with E-state index in [1.807, 2.05) is 13.8 Å². The van der Waals surface area contributed by atoms with Gasteiger partial charge < -0.3 is 15.2 Å². The van der Waals surface area contributed by atoms with Crippen molar-refractivity contribution in [1.82, 2.24) is 15.8 Å². The summed E-state index contributed by atoms with van der Waals surface area (Å²) in [4.78, 5) is 4.62. The number of hydrogen-bond donors (Lipinski definition) is 2. The molecule has 1 aromatic rings. The molecule has 0 aliphatic rings. The van der Waals surface area contributed by atoms with Crippen LogP contribution in [0.5, 0.6) is 0 Å². The second kappa shape index (κ2) is 10.0. The van der Waals surface area contributed by atoms with Gasteiger partial charge in [-0.15, -0.1) is 24.0 Å². The molecule has 1 aromatic heterocycles. The molecule has 0 aliphatic carbocycles. The van der Waals surface area contributed by atoms with E-state index in [1.54, 1.807) is 0 Å². The van der Waals surface area contributed by atoms with Gasteiger partial charge in [-0.3, -0.25) is 4.99 Å². The van der Waals surface area contributed by atoms with Crippen molar-refractivity contribution in [3.63, 3.8) is 0 Å². The smallest absolute Gasteiger partial charge is 0.191 e. The van der Waals surface area contributed by atoms with Gasteiger partial charge in [0, 0.05) is 24.7 Å². The lowest BCUT2D eigenvalue weighted by molar-refractivity contribution is 0.392. The summed E-state index contributed by atoms with van der Waals surface area (Å²) < 4.78 is 5.17. The van der Waals surface area contributed by atoms with Crippen molar-refractivity contribution < 1.29 is 4.52 Å². The number of aromatic nitrogens is 1. The number of hydrogen-bond acceptors (Lipinski definition) is 3. The van der Waals surface area contributed by atoms with Crippen LogP contribution in [0, 0.1) is 19.8 Å². The van der Waals surface area contributed by atoms with E-state index in [2.05, 4.69) is 48.5 Å². The monoisotopic (exact) mass is 408 g/mol. The van der Waals surface area contributed by atoms with Crippen molar-refractivity contribution in [2.24, 2.45) is 10.9 Å². The first-order chi connectivity index (χ1) is 9.45. The van der Waals surface area contributed by atoms with Crippen LogP contribution in [-0.4, -0.2) is 30.2 Å². The molecule has 1 heterocycles. The fourth-order valence-corrected chi connectivity index (χ4v) is 1.84. The zero-order valence-electron chi connectivity index (χ0n) is 14.0. The number of halogens is 1. The number of aryl methyl sites for hydroxylation is 2. The van der Waals surface area contributed by atoms with E-state index in [0.29, 0.717) is 12.0 Å². The number of aliphatic imine (C=N–C) groups is 1. The van der Waals surface area contributed by atoms with E-state index < -0.39 is 0 Å². The SMILES string of the molecule is CCNC(=NCCc1c(C)noc1C)NC(C)C(C)C.I. The Balaban J connectivity index is 0.00000400. The van der Waals surface area contributed by atoms with Crippen LogP contribution in [0.1, 0.15) is 44.7 Å². The third-order valence-electron chi connectivity index (χ3n) is 3.52. The average Bonchev–Trinajstić information content (AvgIpc) is 2.70. The van der Waals surface area contributed by atoms with Crippen molar-refractivity contribution in [3.8, 4) is 0 Å². The molecular weight excluding hydrogens is 379 g/mol. The maximum absolute atomic E-state index is 5.17. The molecule has 0 saturated heterocycles. The second-order valence-corrected chi connectivity index (χ2v) is 5.49. The normalized spacial score (nSPS) is 13.0. The summed E-state index contributed by atoms with van der Waals surface area (Å²) >= 11 is 0. The molecule has 0 saturated carbocycles. The van der Waals surface area contributed by atoms with Crippen LogP contribution in [0.25, 0.3) is 0 Å². The Kier molecular flexibility index (Phi) is 9.65. The van der Waals surface area contributed by atoms with E-state index >= 15 is 0 Å². The molecule has 6 heteroatoms. The van der Waals surface area contributed by atoms with Crippen LogP contribution < -0.4 is 10.6 Å². The molecule has 1 rings (SSSR count). The first kappa shape index (κ1) is 20.2. The third kappa shape index (κ3) is 6.67. The molecular formula is C15H29IN4O. The summed E-state index contributed by atoms with van der Waals surface area (Å²) in [6.45, 7) is 14.2. The molecule has 0 aromatic carbocycles. The van der Waals surface area contributed by atoms with Crippen molar-refractivity contribution in [1.29, 1.82) is 0 Å². The lowest BCUT2D eigenvalue weighted by Gasteiger charge is -2.20. The van der Waals surface area contributed by atoms with Crippen LogP contribution in [0.4, 0.5) is 0 Å².